The highest BCUT2D eigenvalue weighted by atomic mass is 16.6. The van der Waals surface area contributed by atoms with Crippen LogP contribution in [0.15, 0.2) is 144 Å². The number of hydrogen-bond donors (Lipinski definition) is 6. The van der Waals surface area contributed by atoms with Crippen molar-refractivity contribution in [3.63, 3.8) is 0 Å². The van der Waals surface area contributed by atoms with Gasteiger partial charge in [0.05, 0.1) is 71.2 Å². The molecular weight excluding hydrogens is 1450 g/mol. The van der Waals surface area contributed by atoms with E-state index in [0.29, 0.717) is 22.3 Å². The molecule has 26 heteroatoms. The van der Waals surface area contributed by atoms with Crippen molar-refractivity contribution in [1.82, 2.24) is 5.32 Å². The second-order valence-electron chi connectivity index (χ2n) is 34.1. The van der Waals surface area contributed by atoms with Gasteiger partial charge in [0, 0.05) is 63.2 Å². The SMILES string of the molecule is CC(=O)O[C@@]12CO[C@@H]1C[C@H](O)[C@@]1(C)C(=O)C(C)C3=C(C)[C@@H](OC(=O)[C@H](O)[C@@H](NC(=O)OC(C)(C)C)c4ccccc4)C[C@@](O)([C@@H](OC(=O)c4ccccc4)C12)C3(C)C.CC(=O)O[C@H]1C(=O)[C@@]2(C)C([C@H](OC(=O)c3ccccc3)[C@]3(O)C[C@H](OC(=O)C(C)[C@@H](C)c4ccccc4)C(C)=C1C3(C)C)[C@]1(OC(C)=O)CO[C@@H]1C[C@@H]2O. The first kappa shape index (κ1) is 83.9. The van der Waals surface area contributed by atoms with E-state index in [4.69, 9.17) is 47.4 Å². The molecule has 4 bridgehead atoms. The van der Waals surface area contributed by atoms with E-state index in [0.717, 1.165) is 12.5 Å². The summed E-state index contributed by atoms with van der Waals surface area (Å²) in [6.45, 7) is 26.4. The highest BCUT2D eigenvalue weighted by Gasteiger charge is 2.80. The monoisotopic (exact) mass is 1550 g/mol. The summed E-state index contributed by atoms with van der Waals surface area (Å²) < 4.78 is 60.3. The Labute approximate surface area is 651 Å². The standard InChI is InChI=1S/C44H55NO13.C42H50O12/c1-23-28(55-38(51)33(48)32(26-16-12-10-13-17-26)45-39(52)58-40(4,5)6)21-44(53)36(56-37(50)27-18-14-11-15-19-27)34-42(9,35(49)24(2)31(23)41(44,7)8)29(47)20-30-43(34,22-54-30)57-25(3)46;1-22(27-15-11-9-12-16-27)23(2)37(47)52-29-20-42(49)36(53-38(48)28-17-13-10-14-18-28)34-40(8,30(45)19-31-41(34,21-50-31)54-26(5)44)35(46)33(51-25(4)43)32(24(29)3)39(42,6)7/h10-19,24,28-30,32-34,36,47-48,53H,20-22H2,1-9H3,(H,45,52);9-18,22-23,29-31,33-34,36,45,49H,19-21H2,1-8H3/t24?,28-,29-,30+,32-,33+,34?,36-,42+,43-,44+;22-,23?,29+,30+,31-,33-,34?,36+,40-,41+,42-/m01/s1. The highest BCUT2D eigenvalue weighted by molar-refractivity contribution is 5.96. The van der Waals surface area contributed by atoms with Gasteiger partial charge in [-0.25, -0.2) is 19.2 Å². The molecule has 6 N–H and O–H groups in total. The van der Waals surface area contributed by atoms with E-state index in [1.807, 2.05) is 37.3 Å². The van der Waals surface area contributed by atoms with Crippen LogP contribution in [-0.4, -0.2) is 187 Å². The predicted octanol–water partition coefficient (Wildman–Crippen LogP) is 9.18. The molecule has 2 aliphatic heterocycles. The van der Waals surface area contributed by atoms with Gasteiger partial charge in [0.1, 0.15) is 59.2 Å². The number of esters is 7. The molecule has 12 rings (SSSR count). The number of hydrogen-bond acceptors (Lipinski definition) is 25. The minimum atomic E-state index is -2.21. The van der Waals surface area contributed by atoms with Crippen LogP contribution in [0.25, 0.3) is 0 Å². The number of aliphatic hydroxyl groups is 5. The molecule has 8 aliphatic rings. The van der Waals surface area contributed by atoms with Crippen LogP contribution in [0, 0.1) is 45.3 Å². The van der Waals surface area contributed by atoms with Crippen LogP contribution < -0.4 is 5.32 Å². The van der Waals surface area contributed by atoms with E-state index >= 15 is 9.59 Å². The zero-order valence-electron chi connectivity index (χ0n) is 66.4. The molecule has 1 amide bonds. The number of nitrogens with one attached hydrogen (secondary N) is 1. The summed E-state index contributed by atoms with van der Waals surface area (Å²) in [5.74, 6) is -11.6. The molecule has 4 aromatic rings. The molecule has 604 valence electrons. The molecule has 4 unspecified atom stereocenters. The molecule has 26 nitrogen and oxygen atoms in total. The van der Waals surface area contributed by atoms with Gasteiger partial charge >= 0.3 is 47.9 Å². The third kappa shape index (κ3) is 14.3. The number of carbonyl (C=O) groups excluding carboxylic acids is 10. The Morgan fingerprint density at radius 1 is 0.536 bits per heavy atom. The molecule has 4 saturated carbocycles. The molecule has 6 aliphatic carbocycles. The first-order valence-corrected chi connectivity index (χ1v) is 38.1. The van der Waals surface area contributed by atoms with E-state index in [9.17, 15) is 63.9 Å². The van der Waals surface area contributed by atoms with E-state index in [-0.39, 0.29) is 55.1 Å². The van der Waals surface area contributed by atoms with Gasteiger partial charge < -0.3 is 78.2 Å². The second-order valence-corrected chi connectivity index (χ2v) is 34.1. The van der Waals surface area contributed by atoms with Crippen molar-refractivity contribution in [1.29, 1.82) is 0 Å². The summed E-state index contributed by atoms with van der Waals surface area (Å²) in [6.07, 6.45) is -16.1. The lowest BCUT2D eigenvalue weighted by molar-refractivity contribution is -0.346. The van der Waals surface area contributed by atoms with Crippen LogP contribution in [-0.2, 0) is 80.9 Å². The molecule has 0 aromatic heterocycles. The summed E-state index contributed by atoms with van der Waals surface area (Å²) in [5, 5.41) is 65.2. The lowest BCUT2D eigenvalue weighted by Crippen LogP contribution is -2.82. The largest absolute Gasteiger partial charge is 0.457 e. The highest BCUT2D eigenvalue weighted by Crippen LogP contribution is 2.67. The molecule has 0 spiro atoms. The lowest BCUT2D eigenvalue weighted by Gasteiger charge is -2.67. The van der Waals surface area contributed by atoms with Gasteiger partial charge in [-0.3, -0.25) is 28.8 Å². The number of Topliss-reactive ketones (excluding diaryl/α,β-unsaturated/α-hetero) is 2. The fourth-order valence-corrected chi connectivity index (χ4v) is 19.6. The number of aliphatic hydroxyl groups excluding tert-OH is 3. The average molecular weight is 1550 g/mol. The van der Waals surface area contributed by atoms with Crippen molar-refractivity contribution >= 4 is 59.4 Å². The number of amides is 1. The van der Waals surface area contributed by atoms with Crippen LogP contribution in [0.3, 0.4) is 0 Å². The van der Waals surface area contributed by atoms with Gasteiger partial charge in [0.2, 0.25) is 0 Å². The van der Waals surface area contributed by atoms with Gasteiger partial charge in [0.25, 0.3) is 0 Å². The Bertz CT molecular complexity index is 4380. The van der Waals surface area contributed by atoms with Crippen LogP contribution in [0.1, 0.15) is 187 Å². The van der Waals surface area contributed by atoms with Gasteiger partial charge in [-0.15, -0.1) is 0 Å². The van der Waals surface area contributed by atoms with Crippen molar-refractivity contribution in [3.8, 4) is 0 Å². The van der Waals surface area contributed by atoms with E-state index in [2.05, 4.69) is 5.32 Å². The van der Waals surface area contributed by atoms with Gasteiger partial charge in [-0.05, 0) is 112 Å². The Morgan fingerprint density at radius 3 is 1.33 bits per heavy atom. The molecule has 0 radical (unpaired) electrons. The zero-order valence-corrected chi connectivity index (χ0v) is 66.4. The minimum Gasteiger partial charge on any atom is -0.457 e. The molecular formula is C86H105NO25. The third-order valence-electron chi connectivity index (χ3n) is 25.8. The molecule has 112 heavy (non-hydrogen) atoms. The summed E-state index contributed by atoms with van der Waals surface area (Å²) in [6, 6.07) is 32.5. The lowest BCUT2D eigenvalue weighted by atomic mass is 9.43. The van der Waals surface area contributed by atoms with E-state index < -0.39 is 206 Å². The second kappa shape index (κ2) is 30.7. The molecule has 22 atom stereocenters. The third-order valence-corrected chi connectivity index (χ3v) is 25.8. The summed E-state index contributed by atoms with van der Waals surface area (Å²) in [7, 11) is 0. The van der Waals surface area contributed by atoms with Gasteiger partial charge in [0.15, 0.2) is 29.2 Å². The predicted molar refractivity (Wildman–Crippen MR) is 399 cm³/mol. The van der Waals surface area contributed by atoms with Crippen LogP contribution in [0.2, 0.25) is 0 Å². The number of benzene rings is 4. The fraction of sp³-hybridized carbons (Fsp3) is 0.558. The fourth-order valence-electron chi connectivity index (χ4n) is 19.6. The first-order valence-electron chi connectivity index (χ1n) is 38.1. The molecule has 4 aromatic carbocycles. The first-order chi connectivity index (χ1) is 52.3. The van der Waals surface area contributed by atoms with Crippen LogP contribution >= 0.6 is 0 Å². The number of alkyl carbamates (subject to hydrolysis) is 1. The van der Waals surface area contributed by atoms with Crippen LogP contribution in [0.4, 0.5) is 4.79 Å². The van der Waals surface area contributed by atoms with E-state index in [1.54, 1.807) is 150 Å². The number of fused-ring (bicyclic) bond motifs is 10. The Kier molecular flexibility index (Phi) is 23.0. The van der Waals surface area contributed by atoms with Crippen molar-refractivity contribution in [3.05, 3.63) is 166 Å². The Balaban J connectivity index is 0.000000222. The maximum Gasteiger partial charge on any atom is 0.408 e. The normalized spacial score (nSPS) is 34.3. The van der Waals surface area contributed by atoms with Crippen molar-refractivity contribution < 1.29 is 121 Å². The maximum atomic E-state index is 15.3. The molecule has 2 heterocycles. The number of ether oxygens (including phenoxy) is 10. The Hall–Kier alpha value is -9.02. The van der Waals surface area contributed by atoms with Crippen molar-refractivity contribution in [2.24, 2.45) is 45.3 Å². The minimum absolute atomic E-state index is 0.0734. The van der Waals surface area contributed by atoms with E-state index in [1.165, 1.54) is 45.0 Å². The summed E-state index contributed by atoms with van der Waals surface area (Å²) in [5.41, 5.74) is -12.3. The Morgan fingerprint density at radius 2 is 0.929 bits per heavy atom. The van der Waals surface area contributed by atoms with Gasteiger partial charge in [-0.2, -0.15) is 0 Å². The summed E-state index contributed by atoms with van der Waals surface area (Å²) >= 11 is 0. The number of ketones is 2. The maximum absolute atomic E-state index is 15.3. The quantitative estimate of drug-likeness (QED) is 0.0345. The van der Waals surface area contributed by atoms with Crippen molar-refractivity contribution in [2.45, 2.75) is 244 Å². The number of carbonyl (C=O) groups is 10. The van der Waals surface area contributed by atoms with Crippen molar-refractivity contribution in [2.75, 3.05) is 13.2 Å². The number of rotatable bonds is 16. The molecule has 2 saturated heterocycles. The average Bonchev–Trinajstić information content (AvgIpc) is 0.673. The zero-order chi connectivity index (χ0) is 82.3. The van der Waals surface area contributed by atoms with Crippen LogP contribution in [0.5, 0.6) is 0 Å². The topological polar surface area (TPSA) is 376 Å². The smallest absolute Gasteiger partial charge is 0.408 e. The van der Waals surface area contributed by atoms with Gasteiger partial charge in [-0.1, -0.05) is 146 Å². The summed E-state index contributed by atoms with van der Waals surface area (Å²) in [4.78, 5) is 139. The molecule has 6 fully saturated rings.